The van der Waals surface area contributed by atoms with Gasteiger partial charge in [0.1, 0.15) is 5.75 Å². The number of methoxy groups -OCH3 is 1. The molecule has 2 nitrogen and oxygen atoms in total. The summed E-state index contributed by atoms with van der Waals surface area (Å²) >= 11 is 0. The van der Waals surface area contributed by atoms with Crippen LogP contribution in [-0.4, -0.2) is 19.2 Å². The lowest BCUT2D eigenvalue weighted by molar-refractivity contribution is 0.317. The molecule has 0 aromatic heterocycles. The highest BCUT2D eigenvalue weighted by Crippen LogP contribution is 2.30. The maximum Gasteiger partial charge on any atom is 0.122 e. The molecule has 0 amide bonds. The van der Waals surface area contributed by atoms with Crippen LogP contribution in [0, 0.1) is 0 Å². The zero-order chi connectivity index (χ0) is 13.1. The molecular weight excluding hydrogens is 270 g/mol. The second-order valence-corrected chi connectivity index (χ2v) is 6.04. The number of aryl methyl sites for hydroxylation is 1. The van der Waals surface area contributed by atoms with Gasteiger partial charge in [-0.15, -0.1) is 12.4 Å². The third-order valence-electron chi connectivity index (χ3n) is 4.74. The van der Waals surface area contributed by atoms with Crippen LogP contribution in [0.5, 0.6) is 5.75 Å². The number of hydrogen-bond acceptors (Lipinski definition) is 2. The van der Waals surface area contributed by atoms with Crippen LogP contribution in [0.1, 0.15) is 49.7 Å². The quantitative estimate of drug-likeness (QED) is 0.913. The largest absolute Gasteiger partial charge is 0.496 e. The van der Waals surface area contributed by atoms with Gasteiger partial charge < -0.3 is 10.1 Å². The first-order chi connectivity index (χ1) is 9.36. The molecule has 1 saturated carbocycles. The van der Waals surface area contributed by atoms with Crippen molar-refractivity contribution in [2.45, 2.75) is 63.5 Å². The maximum absolute atomic E-state index is 5.52. The number of hydrogen-bond donors (Lipinski definition) is 1. The van der Waals surface area contributed by atoms with E-state index in [4.69, 9.17) is 4.74 Å². The van der Waals surface area contributed by atoms with Gasteiger partial charge in [0.25, 0.3) is 0 Å². The van der Waals surface area contributed by atoms with Gasteiger partial charge >= 0.3 is 0 Å². The Morgan fingerprint density at radius 2 is 1.85 bits per heavy atom. The summed E-state index contributed by atoms with van der Waals surface area (Å²) in [6, 6.07) is 7.88. The second-order valence-electron chi connectivity index (χ2n) is 6.04. The molecule has 3 heteroatoms. The first kappa shape index (κ1) is 15.7. The number of halogens is 1. The summed E-state index contributed by atoms with van der Waals surface area (Å²) in [5.41, 5.74) is 2.92. The Morgan fingerprint density at radius 3 is 2.60 bits per heavy atom. The van der Waals surface area contributed by atoms with E-state index < -0.39 is 0 Å². The standard InChI is InChI=1S/C17H25NO.ClH/c1-19-17-9-5-6-13-10-11-15(12-16(13)17)18-14-7-3-2-4-8-14;/h5-6,9,14-15,18H,2-4,7-8,10-12H2,1H3;1H. The van der Waals surface area contributed by atoms with Crippen LogP contribution in [0.4, 0.5) is 0 Å². The van der Waals surface area contributed by atoms with Gasteiger partial charge in [-0.1, -0.05) is 31.4 Å². The van der Waals surface area contributed by atoms with Crippen LogP contribution in [-0.2, 0) is 12.8 Å². The van der Waals surface area contributed by atoms with Crippen LogP contribution in [0.2, 0.25) is 0 Å². The average molecular weight is 296 g/mol. The number of ether oxygens (including phenoxy) is 1. The lowest BCUT2D eigenvalue weighted by Gasteiger charge is -2.32. The summed E-state index contributed by atoms with van der Waals surface area (Å²) < 4.78 is 5.52. The van der Waals surface area contributed by atoms with Gasteiger partial charge in [-0.25, -0.2) is 0 Å². The molecular formula is C17H26ClNO. The van der Waals surface area contributed by atoms with Crippen LogP contribution < -0.4 is 10.1 Å². The second kappa shape index (κ2) is 7.33. The van der Waals surface area contributed by atoms with Crippen molar-refractivity contribution >= 4 is 12.4 Å². The smallest absolute Gasteiger partial charge is 0.122 e. The minimum absolute atomic E-state index is 0. The molecule has 0 radical (unpaired) electrons. The highest BCUT2D eigenvalue weighted by molar-refractivity contribution is 5.85. The highest BCUT2D eigenvalue weighted by atomic mass is 35.5. The van der Waals surface area contributed by atoms with E-state index in [0.717, 1.165) is 18.2 Å². The summed E-state index contributed by atoms with van der Waals surface area (Å²) in [5, 5.41) is 3.89. The predicted molar refractivity (Wildman–Crippen MR) is 86.1 cm³/mol. The normalized spacial score (nSPS) is 22.8. The van der Waals surface area contributed by atoms with Gasteiger partial charge in [0.2, 0.25) is 0 Å². The molecule has 1 atom stereocenters. The van der Waals surface area contributed by atoms with E-state index in [1.54, 1.807) is 7.11 Å². The summed E-state index contributed by atoms with van der Waals surface area (Å²) in [6.07, 6.45) is 10.6. The van der Waals surface area contributed by atoms with Crippen molar-refractivity contribution in [2.75, 3.05) is 7.11 Å². The summed E-state index contributed by atoms with van der Waals surface area (Å²) in [4.78, 5) is 0. The molecule has 1 aromatic carbocycles. The molecule has 0 heterocycles. The van der Waals surface area contributed by atoms with Crippen LogP contribution in [0.3, 0.4) is 0 Å². The molecule has 2 aliphatic rings. The van der Waals surface area contributed by atoms with Gasteiger partial charge in [0.15, 0.2) is 0 Å². The first-order valence-electron chi connectivity index (χ1n) is 7.77. The zero-order valence-corrected chi connectivity index (χ0v) is 13.2. The zero-order valence-electron chi connectivity index (χ0n) is 12.4. The predicted octanol–water partition coefficient (Wildman–Crippen LogP) is 3.90. The van der Waals surface area contributed by atoms with Crippen molar-refractivity contribution in [3.8, 4) is 5.75 Å². The van der Waals surface area contributed by atoms with Crippen molar-refractivity contribution < 1.29 is 4.74 Å². The summed E-state index contributed by atoms with van der Waals surface area (Å²) in [6.45, 7) is 0. The Balaban J connectivity index is 0.00000147. The monoisotopic (exact) mass is 295 g/mol. The fourth-order valence-electron chi connectivity index (χ4n) is 3.69. The minimum Gasteiger partial charge on any atom is -0.496 e. The van der Waals surface area contributed by atoms with Crippen molar-refractivity contribution in [2.24, 2.45) is 0 Å². The topological polar surface area (TPSA) is 21.3 Å². The Hall–Kier alpha value is -0.730. The highest BCUT2D eigenvalue weighted by Gasteiger charge is 2.24. The fraction of sp³-hybridized carbons (Fsp3) is 0.647. The van der Waals surface area contributed by atoms with Crippen LogP contribution in [0.15, 0.2) is 18.2 Å². The number of benzene rings is 1. The van der Waals surface area contributed by atoms with Crippen LogP contribution >= 0.6 is 12.4 Å². The van der Waals surface area contributed by atoms with Crippen LogP contribution in [0.25, 0.3) is 0 Å². The molecule has 20 heavy (non-hydrogen) atoms. The van der Waals surface area contributed by atoms with Crippen molar-refractivity contribution in [3.63, 3.8) is 0 Å². The van der Waals surface area contributed by atoms with Gasteiger partial charge in [0.05, 0.1) is 7.11 Å². The molecule has 0 aliphatic heterocycles. The molecule has 1 fully saturated rings. The maximum atomic E-state index is 5.52. The molecule has 1 unspecified atom stereocenters. The lowest BCUT2D eigenvalue weighted by atomic mass is 9.86. The van der Waals surface area contributed by atoms with E-state index in [-0.39, 0.29) is 12.4 Å². The molecule has 1 N–H and O–H groups in total. The SMILES string of the molecule is COc1cccc2c1CC(NC1CCCCC1)CC2.Cl. The van der Waals surface area contributed by atoms with E-state index in [2.05, 4.69) is 23.5 Å². The Bertz CT molecular complexity index is 415. The number of nitrogens with one attached hydrogen (secondary N) is 1. The Kier molecular flexibility index (Phi) is 5.74. The number of fused-ring (bicyclic) bond motifs is 1. The first-order valence-corrected chi connectivity index (χ1v) is 7.77. The molecule has 0 saturated heterocycles. The number of rotatable bonds is 3. The van der Waals surface area contributed by atoms with E-state index in [1.165, 1.54) is 56.1 Å². The van der Waals surface area contributed by atoms with E-state index >= 15 is 0 Å². The third-order valence-corrected chi connectivity index (χ3v) is 4.74. The van der Waals surface area contributed by atoms with Gasteiger partial charge in [0, 0.05) is 12.1 Å². The molecule has 112 valence electrons. The fourth-order valence-corrected chi connectivity index (χ4v) is 3.69. The molecule has 1 aromatic rings. The lowest BCUT2D eigenvalue weighted by Crippen LogP contribution is -2.42. The van der Waals surface area contributed by atoms with Gasteiger partial charge in [-0.05, 0) is 49.3 Å². The third kappa shape index (κ3) is 3.48. The van der Waals surface area contributed by atoms with Gasteiger partial charge in [-0.3, -0.25) is 0 Å². The van der Waals surface area contributed by atoms with Crippen molar-refractivity contribution in [3.05, 3.63) is 29.3 Å². The van der Waals surface area contributed by atoms with Crippen molar-refractivity contribution in [1.29, 1.82) is 0 Å². The van der Waals surface area contributed by atoms with E-state index in [9.17, 15) is 0 Å². The summed E-state index contributed by atoms with van der Waals surface area (Å²) in [7, 11) is 1.79. The molecule has 3 rings (SSSR count). The van der Waals surface area contributed by atoms with E-state index in [1.807, 2.05) is 0 Å². The average Bonchev–Trinajstić information content (AvgIpc) is 2.47. The van der Waals surface area contributed by atoms with Crippen molar-refractivity contribution in [1.82, 2.24) is 5.32 Å². The Labute approximate surface area is 128 Å². The van der Waals surface area contributed by atoms with Gasteiger partial charge in [-0.2, -0.15) is 0 Å². The molecule has 0 bridgehead atoms. The Morgan fingerprint density at radius 1 is 1.05 bits per heavy atom. The summed E-state index contributed by atoms with van der Waals surface area (Å²) in [5.74, 6) is 1.08. The van der Waals surface area contributed by atoms with E-state index in [0.29, 0.717) is 6.04 Å². The molecule has 2 aliphatic carbocycles. The minimum atomic E-state index is 0. The molecule has 0 spiro atoms.